The van der Waals surface area contributed by atoms with Crippen LogP contribution in [0.2, 0.25) is 0 Å². The van der Waals surface area contributed by atoms with E-state index >= 15 is 0 Å². The summed E-state index contributed by atoms with van der Waals surface area (Å²) in [5.41, 5.74) is 3.74. The van der Waals surface area contributed by atoms with Crippen molar-refractivity contribution in [1.82, 2.24) is 14.8 Å². The first kappa shape index (κ1) is 19.0. The average Bonchev–Trinajstić information content (AvgIpc) is 3.24. The summed E-state index contributed by atoms with van der Waals surface area (Å²) in [6, 6.07) is 25.2. The lowest BCUT2D eigenvalue weighted by Crippen LogP contribution is -2.58. The molecular formula is C26H27N3O. The van der Waals surface area contributed by atoms with Crippen LogP contribution < -0.4 is 0 Å². The largest absolute Gasteiger partial charge is 0.338 e. The second-order valence-corrected chi connectivity index (χ2v) is 8.76. The number of hydrogen-bond acceptors (Lipinski definition) is 3. The molecule has 2 aromatic carbocycles. The van der Waals surface area contributed by atoms with Gasteiger partial charge in [0, 0.05) is 62.0 Å². The molecule has 30 heavy (non-hydrogen) atoms. The van der Waals surface area contributed by atoms with E-state index in [2.05, 4.69) is 70.5 Å². The number of nitrogens with zero attached hydrogens (tertiary/aromatic N) is 3. The maximum absolute atomic E-state index is 12.8. The van der Waals surface area contributed by atoms with Crippen molar-refractivity contribution in [1.29, 1.82) is 0 Å². The number of aromatic nitrogens is 1. The molecule has 1 amide bonds. The van der Waals surface area contributed by atoms with Gasteiger partial charge < -0.3 is 9.80 Å². The van der Waals surface area contributed by atoms with Gasteiger partial charge in [0.25, 0.3) is 5.91 Å². The van der Waals surface area contributed by atoms with Crippen molar-refractivity contribution >= 4 is 5.91 Å². The standard InChI is InChI=1S/C26H27N3O/c30-25(23-11-14-27-15-12-23)29-16-13-26(20-29)18-28(19-26)17-24(21-7-3-1-4-8-21)22-9-5-2-6-10-22/h1-12,14-15,24H,13,16-20H2. The van der Waals surface area contributed by atoms with Gasteiger partial charge >= 0.3 is 0 Å². The highest BCUT2D eigenvalue weighted by molar-refractivity contribution is 5.94. The number of rotatable bonds is 5. The van der Waals surface area contributed by atoms with E-state index in [-0.39, 0.29) is 11.3 Å². The van der Waals surface area contributed by atoms with Gasteiger partial charge in [-0.1, -0.05) is 60.7 Å². The number of benzene rings is 2. The monoisotopic (exact) mass is 397 g/mol. The number of carbonyl (C=O) groups is 1. The fourth-order valence-corrected chi connectivity index (χ4v) is 5.11. The van der Waals surface area contributed by atoms with E-state index in [1.807, 2.05) is 17.0 Å². The van der Waals surface area contributed by atoms with Crippen molar-refractivity contribution in [3.8, 4) is 0 Å². The molecule has 1 spiro atoms. The number of hydrogen-bond donors (Lipinski definition) is 0. The Labute approximate surface area is 178 Å². The molecule has 2 aliphatic rings. The second-order valence-electron chi connectivity index (χ2n) is 8.76. The van der Waals surface area contributed by atoms with Gasteiger partial charge in [-0.25, -0.2) is 0 Å². The van der Waals surface area contributed by atoms with Gasteiger partial charge in [0.1, 0.15) is 0 Å². The van der Waals surface area contributed by atoms with Crippen LogP contribution in [0.1, 0.15) is 33.8 Å². The normalized spacial score (nSPS) is 18.0. The Morgan fingerprint density at radius 3 is 2.07 bits per heavy atom. The smallest absolute Gasteiger partial charge is 0.253 e. The second kappa shape index (κ2) is 8.04. The SMILES string of the molecule is O=C(c1ccncc1)N1CCC2(CN(CC(c3ccccc3)c3ccccc3)C2)C1. The first-order valence-electron chi connectivity index (χ1n) is 10.7. The highest BCUT2D eigenvalue weighted by atomic mass is 16.2. The van der Waals surface area contributed by atoms with Gasteiger partial charge in [-0.3, -0.25) is 9.78 Å². The maximum atomic E-state index is 12.8. The summed E-state index contributed by atoms with van der Waals surface area (Å²) in [6.07, 6.45) is 4.48. The van der Waals surface area contributed by atoms with Crippen LogP contribution in [0.25, 0.3) is 0 Å². The lowest BCUT2D eigenvalue weighted by atomic mass is 9.77. The van der Waals surface area contributed by atoms with Gasteiger partial charge in [0.15, 0.2) is 0 Å². The molecule has 4 heteroatoms. The molecule has 0 bridgehead atoms. The van der Waals surface area contributed by atoms with Crippen molar-refractivity contribution in [3.05, 3.63) is 102 Å². The lowest BCUT2D eigenvalue weighted by Gasteiger charge is -2.49. The van der Waals surface area contributed by atoms with E-state index in [9.17, 15) is 4.79 Å². The molecule has 0 atom stereocenters. The molecule has 0 N–H and O–H groups in total. The molecule has 2 saturated heterocycles. The summed E-state index contributed by atoms with van der Waals surface area (Å²) in [6.45, 7) is 4.89. The minimum absolute atomic E-state index is 0.138. The van der Waals surface area contributed by atoms with E-state index in [4.69, 9.17) is 0 Å². The highest BCUT2D eigenvalue weighted by Crippen LogP contribution is 2.41. The minimum atomic E-state index is 0.138. The average molecular weight is 398 g/mol. The molecule has 152 valence electrons. The van der Waals surface area contributed by atoms with Crippen LogP contribution >= 0.6 is 0 Å². The van der Waals surface area contributed by atoms with E-state index in [1.54, 1.807) is 12.4 Å². The van der Waals surface area contributed by atoms with Crippen LogP contribution in [0.5, 0.6) is 0 Å². The van der Waals surface area contributed by atoms with E-state index in [0.29, 0.717) is 5.92 Å². The first-order chi connectivity index (χ1) is 14.7. The summed E-state index contributed by atoms with van der Waals surface area (Å²) in [7, 11) is 0. The highest BCUT2D eigenvalue weighted by Gasteiger charge is 2.48. The summed E-state index contributed by atoms with van der Waals surface area (Å²) in [4.78, 5) is 21.4. The summed E-state index contributed by atoms with van der Waals surface area (Å²) in [5.74, 6) is 0.514. The van der Waals surface area contributed by atoms with Crippen molar-refractivity contribution < 1.29 is 4.79 Å². The van der Waals surface area contributed by atoms with Crippen LogP contribution in [0.4, 0.5) is 0 Å². The molecule has 2 aliphatic heterocycles. The van der Waals surface area contributed by atoms with Crippen LogP contribution in [0, 0.1) is 5.41 Å². The van der Waals surface area contributed by atoms with Crippen LogP contribution in [-0.4, -0.2) is 53.4 Å². The molecule has 5 rings (SSSR count). The number of pyridine rings is 1. The maximum Gasteiger partial charge on any atom is 0.253 e. The molecular weight excluding hydrogens is 370 g/mol. The fourth-order valence-electron chi connectivity index (χ4n) is 5.11. The Morgan fingerprint density at radius 1 is 0.867 bits per heavy atom. The Hall–Kier alpha value is -2.98. The molecule has 1 aromatic heterocycles. The van der Waals surface area contributed by atoms with Crippen LogP contribution in [0.15, 0.2) is 85.2 Å². The number of carbonyl (C=O) groups excluding carboxylic acids is 1. The van der Waals surface area contributed by atoms with Gasteiger partial charge in [-0.05, 0) is 29.7 Å². The van der Waals surface area contributed by atoms with Crippen molar-refractivity contribution in [3.63, 3.8) is 0 Å². The van der Waals surface area contributed by atoms with E-state index in [0.717, 1.165) is 44.7 Å². The van der Waals surface area contributed by atoms with Gasteiger partial charge in [0.05, 0.1) is 0 Å². The zero-order chi connectivity index (χ0) is 20.4. The summed E-state index contributed by atoms with van der Waals surface area (Å²) < 4.78 is 0. The quantitative estimate of drug-likeness (QED) is 0.651. The van der Waals surface area contributed by atoms with Crippen LogP contribution in [0.3, 0.4) is 0 Å². The predicted octanol–water partition coefficient (Wildman–Crippen LogP) is 4.06. The molecule has 0 saturated carbocycles. The fraction of sp³-hybridized carbons (Fsp3) is 0.308. The van der Waals surface area contributed by atoms with Crippen molar-refractivity contribution in [2.45, 2.75) is 12.3 Å². The predicted molar refractivity (Wildman–Crippen MR) is 118 cm³/mol. The zero-order valence-corrected chi connectivity index (χ0v) is 17.2. The molecule has 0 radical (unpaired) electrons. The van der Waals surface area contributed by atoms with Gasteiger partial charge in [0.2, 0.25) is 0 Å². The third-order valence-corrected chi connectivity index (χ3v) is 6.62. The Morgan fingerprint density at radius 2 is 1.47 bits per heavy atom. The Bertz CT molecular complexity index is 945. The van der Waals surface area contributed by atoms with Crippen molar-refractivity contribution in [2.24, 2.45) is 5.41 Å². The number of likely N-dealkylation sites (tertiary alicyclic amines) is 2. The third-order valence-electron chi connectivity index (χ3n) is 6.62. The Balaban J connectivity index is 1.24. The van der Waals surface area contributed by atoms with Crippen molar-refractivity contribution in [2.75, 3.05) is 32.7 Å². The minimum Gasteiger partial charge on any atom is -0.338 e. The Kier molecular flexibility index (Phi) is 5.09. The van der Waals surface area contributed by atoms with E-state index in [1.165, 1.54) is 11.1 Å². The molecule has 3 heterocycles. The zero-order valence-electron chi connectivity index (χ0n) is 17.2. The molecule has 3 aromatic rings. The van der Waals surface area contributed by atoms with Crippen LogP contribution in [-0.2, 0) is 0 Å². The number of amides is 1. The molecule has 0 unspecified atom stereocenters. The topological polar surface area (TPSA) is 36.4 Å². The molecule has 0 aliphatic carbocycles. The first-order valence-corrected chi connectivity index (χ1v) is 10.7. The third kappa shape index (κ3) is 3.75. The molecule has 2 fully saturated rings. The van der Waals surface area contributed by atoms with E-state index < -0.39 is 0 Å². The summed E-state index contributed by atoms with van der Waals surface area (Å²) >= 11 is 0. The lowest BCUT2D eigenvalue weighted by molar-refractivity contribution is 0.00676. The van der Waals surface area contributed by atoms with Gasteiger partial charge in [-0.2, -0.15) is 0 Å². The van der Waals surface area contributed by atoms with Gasteiger partial charge in [-0.15, -0.1) is 0 Å². The molecule has 4 nitrogen and oxygen atoms in total. The summed E-state index contributed by atoms with van der Waals surface area (Å²) in [5, 5.41) is 0.